The van der Waals surface area contributed by atoms with Gasteiger partial charge in [-0.1, -0.05) is 45.2 Å². The molecule has 0 aromatic heterocycles. The van der Waals surface area contributed by atoms with Gasteiger partial charge in [-0.15, -0.1) is 0 Å². The summed E-state index contributed by atoms with van der Waals surface area (Å²) in [6.07, 6.45) is 6.14. The van der Waals surface area contributed by atoms with Gasteiger partial charge in [-0.2, -0.15) is 0 Å². The third kappa shape index (κ3) is 7.77. The summed E-state index contributed by atoms with van der Waals surface area (Å²) in [5, 5.41) is 6.73. The van der Waals surface area contributed by atoms with Gasteiger partial charge in [-0.25, -0.2) is 13.4 Å². The van der Waals surface area contributed by atoms with Crippen LogP contribution in [0.4, 0.5) is 0 Å². The predicted octanol–water partition coefficient (Wildman–Crippen LogP) is 3.67. The Bertz CT molecular complexity index is 684. The Morgan fingerprint density at radius 3 is 2.46 bits per heavy atom. The van der Waals surface area contributed by atoms with E-state index in [-0.39, 0.29) is 0 Å². The highest BCUT2D eigenvalue weighted by molar-refractivity contribution is 7.90. The fraction of sp³-hybridized carbons (Fsp3) is 0.650. The SMILES string of the molecule is CCCCC(CC)CNC(=NCc1ccc(S(C)(=O)=O)c(C)c1)NCC. The largest absolute Gasteiger partial charge is 0.357 e. The normalized spacial score (nSPS) is 13.5. The molecule has 0 aliphatic heterocycles. The molecule has 6 heteroatoms. The third-order valence-corrected chi connectivity index (χ3v) is 5.76. The summed E-state index contributed by atoms with van der Waals surface area (Å²) in [5.41, 5.74) is 1.77. The molecule has 0 spiro atoms. The van der Waals surface area contributed by atoms with Gasteiger partial charge in [0.25, 0.3) is 0 Å². The number of aryl methyl sites for hydroxylation is 1. The Labute approximate surface area is 159 Å². The monoisotopic (exact) mass is 381 g/mol. The number of sulfone groups is 1. The Kier molecular flexibility index (Phi) is 9.70. The van der Waals surface area contributed by atoms with E-state index in [0.29, 0.717) is 17.4 Å². The van der Waals surface area contributed by atoms with Crippen molar-refractivity contribution >= 4 is 15.8 Å². The van der Waals surface area contributed by atoms with Crippen LogP contribution in [-0.2, 0) is 16.4 Å². The highest BCUT2D eigenvalue weighted by atomic mass is 32.2. The third-order valence-electron chi connectivity index (χ3n) is 4.50. The fourth-order valence-electron chi connectivity index (χ4n) is 2.92. The second-order valence-electron chi connectivity index (χ2n) is 6.86. The van der Waals surface area contributed by atoms with Gasteiger partial charge in [0.05, 0.1) is 11.4 Å². The van der Waals surface area contributed by atoms with Gasteiger partial charge < -0.3 is 10.6 Å². The van der Waals surface area contributed by atoms with Crippen LogP contribution in [0, 0.1) is 12.8 Å². The van der Waals surface area contributed by atoms with Crippen molar-refractivity contribution in [3.05, 3.63) is 29.3 Å². The topological polar surface area (TPSA) is 70.6 Å². The molecule has 0 saturated heterocycles. The lowest BCUT2D eigenvalue weighted by molar-refractivity contribution is 0.443. The number of hydrogen-bond acceptors (Lipinski definition) is 3. The smallest absolute Gasteiger partial charge is 0.191 e. The van der Waals surface area contributed by atoms with E-state index in [9.17, 15) is 8.42 Å². The first-order valence-corrected chi connectivity index (χ1v) is 11.5. The summed E-state index contributed by atoms with van der Waals surface area (Å²) in [4.78, 5) is 5.03. The lowest BCUT2D eigenvalue weighted by atomic mass is 9.99. The number of guanidine groups is 1. The minimum Gasteiger partial charge on any atom is -0.357 e. The van der Waals surface area contributed by atoms with E-state index in [1.807, 2.05) is 19.1 Å². The quantitative estimate of drug-likeness (QED) is 0.479. The Hall–Kier alpha value is -1.56. The van der Waals surface area contributed by atoms with Crippen molar-refractivity contribution in [1.29, 1.82) is 0 Å². The molecule has 1 aromatic rings. The van der Waals surface area contributed by atoms with Crippen molar-refractivity contribution in [2.45, 2.75) is 64.8 Å². The van der Waals surface area contributed by atoms with Crippen molar-refractivity contribution in [1.82, 2.24) is 10.6 Å². The van der Waals surface area contributed by atoms with Gasteiger partial charge in [-0.05, 0) is 43.4 Å². The molecule has 1 aromatic carbocycles. The highest BCUT2D eigenvalue weighted by Crippen LogP contribution is 2.17. The molecule has 5 nitrogen and oxygen atoms in total. The molecule has 0 aliphatic carbocycles. The Morgan fingerprint density at radius 2 is 1.92 bits per heavy atom. The molecule has 2 N–H and O–H groups in total. The number of rotatable bonds is 10. The first-order chi connectivity index (χ1) is 12.3. The molecule has 0 bridgehead atoms. The van der Waals surface area contributed by atoms with Crippen LogP contribution in [0.15, 0.2) is 28.1 Å². The van der Waals surface area contributed by atoms with Gasteiger partial charge in [0.1, 0.15) is 0 Å². The summed E-state index contributed by atoms with van der Waals surface area (Å²) in [7, 11) is -3.18. The minimum atomic E-state index is -3.18. The lowest BCUT2D eigenvalue weighted by Crippen LogP contribution is -2.39. The van der Waals surface area contributed by atoms with E-state index in [2.05, 4.69) is 36.4 Å². The second kappa shape index (κ2) is 11.2. The van der Waals surface area contributed by atoms with E-state index in [0.717, 1.165) is 30.2 Å². The van der Waals surface area contributed by atoms with Gasteiger partial charge in [0.15, 0.2) is 15.8 Å². The fourth-order valence-corrected chi connectivity index (χ4v) is 3.88. The molecule has 0 heterocycles. The zero-order chi connectivity index (χ0) is 19.6. The van der Waals surface area contributed by atoms with Crippen molar-refractivity contribution in [3.63, 3.8) is 0 Å². The van der Waals surface area contributed by atoms with E-state index < -0.39 is 9.84 Å². The standard InChI is InChI=1S/C20H35N3O2S/c1-6-9-10-17(7-2)14-22-20(21-8-3)23-15-18-11-12-19(16(4)13-18)26(5,24)25/h11-13,17H,6-10,14-15H2,1-5H3,(H2,21,22,23). The summed E-state index contributed by atoms with van der Waals surface area (Å²) in [6, 6.07) is 5.42. The minimum absolute atomic E-state index is 0.386. The van der Waals surface area contributed by atoms with Crippen molar-refractivity contribution in [2.75, 3.05) is 19.3 Å². The second-order valence-corrected chi connectivity index (χ2v) is 8.85. The molecule has 1 unspecified atom stereocenters. The maximum absolute atomic E-state index is 11.7. The molecular weight excluding hydrogens is 346 g/mol. The van der Waals surface area contributed by atoms with Crippen LogP contribution in [0.3, 0.4) is 0 Å². The maximum atomic E-state index is 11.7. The zero-order valence-electron chi connectivity index (χ0n) is 16.9. The molecule has 0 aliphatic rings. The van der Waals surface area contributed by atoms with E-state index in [1.165, 1.54) is 31.9 Å². The lowest BCUT2D eigenvalue weighted by Gasteiger charge is -2.18. The van der Waals surface area contributed by atoms with Crippen LogP contribution >= 0.6 is 0 Å². The molecule has 0 saturated carbocycles. The van der Waals surface area contributed by atoms with E-state index in [4.69, 9.17) is 0 Å². The summed E-state index contributed by atoms with van der Waals surface area (Å²) in [6.45, 7) is 10.6. The molecule has 1 rings (SSSR count). The predicted molar refractivity (Wildman–Crippen MR) is 110 cm³/mol. The summed E-state index contributed by atoms with van der Waals surface area (Å²) >= 11 is 0. The maximum Gasteiger partial charge on any atom is 0.191 e. The number of nitrogens with one attached hydrogen (secondary N) is 2. The number of benzene rings is 1. The molecule has 148 valence electrons. The first-order valence-electron chi connectivity index (χ1n) is 9.63. The average molecular weight is 382 g/mol. The number of nitrogens with zero attached hydrogens (tertiary/aromatic N) is 1. The van der Waals surface area contributed by atoms with Crippen LogP contribution in [0.25, 0.3) is 0 Å². The summed E-state index contributed by atoms with van der Waals surface area (Å²) in [5.74, 6) is 1.47. The molecule has 0 radical (unpaired) electrons. The van der Waals surface area contributed by atoms with E-state index >= 15 is 0 Å². The zero-order valence-corrected chi connectivity index (χ0v) is 17.7. The van der Waals surface area contributed by atoms with Crippen molar-refractivity contribution in [3.8, 4) is 0 Å². The van der Waals surface area contributed by atoms with Crippen molar-refractivity contribution in [2.24, 2.45) is 10.9 Å². The molecule has 0 amide bonds. The molecule has 0 fully saturated rings. The van der Waals surface area contributed by atoms with Crippen LogP contribution in [0.2, 0.25) is 0 Å². The van der Waals surface area contributed by atoms with Crippen molar-refractivity contribution < 1.29 is 8.42 Å². The first kappa shape index (κ1) is 22.5. The van der Waals surface area contributed by atoms with Gasteiger partial charge in [0.2, 0.25) is 0 Å². The highest BCUT2D eigenvalue weighted by Gasteiger charge is 2.11. The average Bonchev–Trinajstić information content (AvgIpc) is 2.58. The van der Waals surface area contributed by atoms with Crippen LogP contribution in [0.1, 0.15) is 57.6 Å². The Balaban J connectivity index is 2.75. The molecular formula is C20H35N3O2S. The van der Waals surface area contributed by atoms with E-state index in [1.54, 1.807) is 6.07 Å². The van der Waals surface area contributed by atoms with Gasteiger partial charge >= 0.3 is 0 Å². The summed E-state index contributed by atoms with van der Waals surface area (Å²) < 4.78 is 23.4. The van der Waals surface area contributed by atoms with Crippen LogP contribution in [-0.4, -0.2) is 33.7 Å². The Morgan fingerprint density at radius 1 is 1.19 bits per heavy atom. The number of aliphatic imine (C=N–C) groups is 1. The van der Waals surface area contributed by atoms with Gasteiger partial charge in [0, 0.05) is 19.3 Å². The number of unbranched alkanes of at least 4 members (excludes halogenated alkanes) is 1. The van der Waals surface area contributed by atoms with Crippen LogP contribution in [0.5, 0.6) is 0 Å². The molecule has 1 atom stereocenters. The molecule has 26 heavy (non-hydrogen) atoms. The van der Waals surface area contributed by atoms with Crippen LogP contribution < -0.4 is 10.6 Å². The van der Waals surface area contributed by atoms with Gasteiger partial charge in [-0.3, -0.25) is 0 Å². The number of hydrogen-bond donors (Lipinski definition) is 2.